The summed E-state index contributed by atoms with van der Waals surface area (Å²) in [6.45, 7) is 2.18. The Kier molecular flexibility index (Phi) is 7.64. The summed E-state index contributed by atoms with van der Waals surface area (Å²) in [6, 6.07) is 9.70. The summed E-state index contributed by atoms with van der Waals surface area (Å²) in [5.74, 6) is 0.989. The van der Waals surface area contributed by atoms with Crippen molar-refractivity contribution in [3.05, 3.63) is 30.3 Å². The zero-order chi connectivity index (χ0) is 13.1. The molecule has 0 aliphatic carbocycles. The summed E-state index contributed by atoms with van der Waals surface area (Å²) < 4.78 is 5.53. The Morgan fingerprint density at radius 3 is 2.67 bits per heavy atom. The third kappa shape index (κ3) is 6.91. The quantitative estimate of drug-likeness (QED) is 0.654. The number of ether oxygens (including phenoxy) is 1. The fraction of sp³-hybridized carbons (Fsp3) is 0.500. The summed E-state index contributed by atoms with van der Waals surface area (Å²) in [6.07, 6.45) is 2.29. The lowest BCUT2D eigenvalue weighted by molar-refractivity contribution is -0.121. The Morgan fingerprint density at radius 1 is 1.17 bits per heavy atom. The maximum Gasteiger partial charge on any atom is 0.220 e. The first-order valence-corrected chi connectivity index (χ1v) is 6.42. The molecule has 100 valence electrons. The number of para-hydroxylation sites is 1. The van der Waals surface area contributed by atoms with Crippen molar-refractivity contribution in [3.63, 3.8) is 0 Å². The third-order valence-corrected chi connectivity index (χ3v) is 2.49. The van der Waals surface area contributed by atoms with Gasteiger partial charge in [0.05, 0.1) is 6.61 Å². The molecule has 0 fully saturated rings. The van der Waals surface area contributed by atoms with Gasteiger partial charge in [0.15, 0.2) is 0 Å². The average Bonchev–Trinajstić information content (AvgIpc) is 2.40. The van der Waals surface area contributed by atoms with Crippen LogP contribution in [0.15, 0.2) is 30.3 Å². The molecule has 0 unspecified atom stereocenters. The smallest absolute Gasteiger partial charge is 0.220 e. The predicted octanol–water partition coefficient (Wildman–Crippen LogP) is 1.57. The van der Waals surface area contributed by atoms with E-state index in [1.54, 1.807) is 0 Å². The van der Waals surface area contributed by atoms with Crippen LogP contribution in [0, 0.1) is 0 Å². The highest BCUT2D eigenvalue weighted by atomic mass is 16.5. The van der Waals surface area contributed by atoms with E-state index >= 15 is 0 Å². The van der Waals surface area contributed by atoms with Crippen molar-refractivity contribution in [3.8, 4) is 5.75 Å². The van der Waals surface area contributed by atoms with Gasteiger partial charge in [-0.05, 0) is 38.6 Å². The standard InChI is InChI=1S/C14H22N2O2/c1-15-10-5-9-14(17)16-11-6-12-18-13-7-3-2-4-8-13/h2-4,7-8,15H,5-6,9-12H2,1H3,(H,16,17). The topological polar surface area (TPSA) is 50.4 Å². The van der Waals surface area contributed by atoms with Crippen LogP contribution in [-0.2, 0) is 4.79 Å². The van der Waals surface area contributed by atoms with E-state index in [9.17, 15) is 4.79 Å². The summed E-state index contributed by atoms with van der Waals surface area (Å²) in [4.78, 5) is 11.4. The molecule has 0 bridgehead atoms. The maximum absolute atomic E-state index is 11.4. The molecule has 4 nitrogen and oxygen atoms in total. The molecular formula is C14H22N2O2. The lowest BCUT2D eigenvalue weighted by atomic mass is 10.3. The van der Waals surface area contributed by atoms with Gasteiger partial charge in [-0.3, -0.25) is 4.79 Å². The normalized spacial score (nSPS) is 10.1. The van der Waals surface area contributed by atoms with Crippen LogP contribution in [0.2, 0.25) is 0 Å². The molecule has 0 saturated heterocycles. The van der Waals surface area contributed by atoms with Gasteiger partial charge in [0, 0.05) is 13.0 Å². The van der Waals surface area contributed by atoms with Crippen molar-refractivity contribution in [2.45, 2.75) is 19.3 Å². The Hall–Kier alpha value is -1.55. The van der Waals surface area contributed by atoms with Gasteiger partial charge in [0.1, 0.15) is 5.75 Å². The van der Waals surface area contributed by atoms with E-state index in [2.05, 4.69) is 10.6 Å². The molecule has 0 radical (unpaired) electrons. The zero-order valence-corrected chi connectivity index (χ0v) is 10.9. The maximum atomic E-state index is 11.4. The molecule has 2 N–H and O–H groups in total. The fourth-order valence-corrected chi connectivity index (χ4v) is 1.52. The van der Waals surface area contributed by atoms with Crippen LogP contribution in [-0.4, -0.2) is 32.7 Å². The second-order valence-electron chi connectivity index (χ2n) is 4.07. The highest BCUT2D eigenvalue weighted by Crippen LogP contribution is 2.07. The fourth-order valence-electron chi connectivity index (χ4n) is 1.52. The van der Waals surface area contributed by atoms with Crippen molar-refractivity contribution >= 4 is 5.91 Å². The number of hydrogen-bond donors (Lipinski definition) is 2. The number of carbonyl (C=O) groups excluding carboxylic acids is 1. The third-order valence-electron chi connectivity index (χ3n) is 2.49. The zero-order valence-electron chi connectivity index (χ0n) is 10.9. The second kappa shape index (κ2) is 9.48. The Bertz CT molecular complexity index is 328. The summed E-state index contributed by atoms with van der Waals surface area (Å²) in [5, 5.41) is 5.90. The van der Waals surface area contributed by atoms with Gasteiger partial charge in [-0.1, -0.05) is 18.2 Å². The van der Waals surface area contributed by atoms with Gasteiger partial charge in [0.2, 0.25) is 5.91 Å². The molecule has 1 aromatic rings. The van der Waals surface area contributed by atoms with Gasteiger partial charge >= 0.3 is 0 Å². The van der Waals surface area contributed by atoms with E-state index in [1.165, 1.54) is 0 Å². The van der Waals surface area contributed by atoms with E-state index in [0.29, 0.717) is 19.6 Å². The Labute approximate surface area is 109 Å². The average molecular weight is 250 g/mol. The molecule has 0 saturated carbocycles. The monoisotopic (exact) mass is 250 g/mol. The van der Waals surface area contributed by atoms with E-state index < -0.39 is 0 Å². The number of hydrogen-bond acceptors (Lipinski definition) is 3. The molecule has 0 aliphatic heterocycles. The van der Waals surface area contributed by atoms with Crippen molar-refractivity contribution in [1.29, 1.82) is 0 Å². The minimum absolute atomic E-state index is 0.116. The summed E-state index contributed by atoms with van der Waals surface area (Å²) in [7, 11) is 1.89. The van der Waals surface area contributed by atoms with Gasteiger partial charge < -0.3 is 15.4 Å². The van der Waals surface area contributed by atoms with Crippen LogP contribution in [0.1, 0.15) is 19.3 Å². The van der Waals surface area contributed by atoms with Crippen LogP contribution in [0.3, 0.4) is 0 Å². The van der Waals surface area contributed by atoms with Crippen LogP contribution in [0.25, 0.3) is 0 Å². The number of nitrogens with one attached hydrogen (secondary N) is 2. The first-order chi connectivity index (χ1) is 8.83. The van der Waals surface area contributed by atoms with Crippen LogP contribution < -0.4 is 15.4 Å². The van der Waals surface area contributed by atoms with Gasteiger partial charge in [0.25, 0.3) is 0 Å². The van der Waals surface area contributed by atoms with Crippen LogP contribution in [0.4, 0.5) is 0 Å². The molecule has 4 heteroatoms. The van der Waals surface area contributed by atoms with E-state index in [0.717, 1.165) is 25.1 Å². The van der Waals surface area contributed by atoms with Gasteiger partial charge in [-0.25, -0.2) is 0 Å². The van der Waals surface area contributed by atoms with Crippen molar-refractivity contribution < 1.29 is 9.53 Å². The van der Waals surface area contributed by atoms with E-state index in [1.807, 2.05) is 37.4 Å². The number of rotatable bonds is 9. The van der Waals surface area contributed by atoms with Gasteiger partial charge in [-0.15, -0.1) is 0 Å². The summed E-state index contributed by atoms with van der Waals surface area (Å²) >= 11 is 0. The molecule has 0 atom stereocenters. The molecule has 1 rings (SSSR count). The summed E-state index contributed by atoms with van der Waals surface area (Å²) in [5.41, 5.74) is 0. The highest BCUT2D eigenvalue weighted by Gasteiger charge is 1.99. The predicted molar refractivity (Wildman–Crippen MR) is 72.7 cm³/mol. The van der Waals surface area contributed by atoms with E-state index in [4.69, 9.17) is 4.74 Å². The molecule has 18 heavy (non-hydrogen) atoms. The highest BCUT2D eigenvalue weighted by molar-refractivity contribution is 5.75. The largest absolute Gasteiger partial charge is 0.494 e. The van der Waals surface area contributed by atoms with Crippen LogP contribution >= 0.6 is 0 Å². The first-order valence-electron chi connectivity index (χ1n) is 6.42. The molecule has 1 aromatic carbocycles. The Balaban J connectivity index is 1.97. The number of benzene rings is 1. The second-order valence-corrected chi connectivity index (χ2v) is 4.07. The molecule has 1 amide bonds. The molecule has 0 heterocycles. The van der Waals surface area contributed by atoms with Crippen molar-refractivity contribution in [2.24, 2.45) is 0 Å². The van der Waals surface area contributed by atoms with Crippen LogP contribution in [0.5, 0.6) is 5.75 Å². The minimum Gasteiger partial charge on any atom is -0.494 e. The number of amides is 1. The molecular weight excluding hydrogens is 228 g/mol. The SMILES string of the molecule is CNCCCC(=O)NCCCOc1ccccc1. The lowest BCUT2D eigenvalue weighted by Gasteiger charge is -2.07. The molecule has 0 aliphatic rings. The van der Waals surface area contributed by atoms with Crippen molar-refractivity contribution in [1.82, 2.24) is 10.6 Å². The van der Waals surface area contributed by atoms with Crippen molar-refractivity contribution in [2.75, 3.05) is 26.7 Å². The number of carbonyl (C=O) groups is 1. The first kappa shape index (κ1) is 14.5. The Morgan fingerprint density at radius 2 is 1.94 bits per heavy atom. The molecule has 0 spiro atoms. The molecule has 0 aromatic heterocycles. The minimum atomic E-state index is 0.116. The van der Waals surface area contributed by atoms with E-state index in [-0.39, 0.29) is 5.91 Å². The lowest BCUT2D eigenvalue weighted by Crippen LogP contribution is -2.26. The van der Waals surface area contributed by atoms with Gasteiger partial charge in [-0.2, -0.15) is 0 Å².